The molecule has 0 aromatic carbocycles. The number of anilines is 1. The van der Waals surface area contributed by atoms with Crippen molar-refractivity contribution in [1.29, 1.82) is 0 Å². The fraction of sp³-hybridized carbons (Fsp3) is 0.750. The van der Waals surface area contributed by atoms with Gasteiger partial charge in [0, 0.05) is 19.1 Å². The zero-order valence-corrected chi connectivity index (χ0v) is 16.5. The highest BCUT2D eigenvalue weighted by Crippen LogP contribution is 2.33. The van der Waals surface area contributed by atoms with Gasteiger partial charge in [-0.3, -0.25) is 0 Å². The Labute approximate surface area is 142 Å². The van der Waals surface area contributed by atoms with Crippen molar-refractivity contribution in [3.63, 3.8) is 0 Å². The van der Waals surface area contributed by atoms with Gasteiger partial charge >= 0.3 is 0 Å². The van der Waals surface area contributed by atoms with Gasteiger partial charge in [-0.15, -0.1) is 0 Å². The van der Waals surface area contributed by atoms with Crippen molar-refractivity contribution in [3.8, 4) is 0 Å². The first-order chi connectivity index (χ1) is 9.69. The maximum Gasteiger partial charge on any atom is 0.162 e. The Morgan fingerprint density at radius 2 is 1.76 bits per heavy atom. The molecule has 1 unspecified atom stereocenters. The van der Waals surface area contributed by atoms with Crippen molar-refractivity contribution in [3.05, 3.63) is 15.1 Å². The standard InChI is InChI=1S/C16H28IN3O/c1-8-10-18-13-11(17)12(15(3,4)5)19-14(20-13)16(6,9-2)21-7/h8-10H2,1-7H3,(H,18,19,20). The lowest BCUT2D eigenvalue weighted by molar-refractivity contribution is -0.00920. The molecule has 4 nitrogen and oxygen atoms in total. The number of hydrogen-bond acceptors (Lipinski definition) is 4. The fourth-order valence-corrected chi connectivity index (χ4v) is 3.18. The molecule has 0 amide bonds. The molecule has 21 heavy (non-hydrogen) atoms. The van der Waals surface area contributed by atoms with E-state index in [1.165, 1.54) is 0 Å². The highest BCUT2D eigenvalue weighted by molar-refractivity contribution is 14.1. The summed E-state index contributed by atoms with van der Waals surface area (Å²) in [5.41, 5.74) is 0.593. The van der Waals surface area contributed by atoms with Crippen molar-refractivity contribution in [2.45, 2.75) is 65.4 Å². The summed E-state index contributed by atoms with van der Waals surface area (Å²) in [6, 6.07) is 0. The molecule has 0 aliphatic rings. The Morgan fingerprint density at radius 3 is 2.19 bits per heavy atom. The van der Waals surface area contributed by atoms with Gasteiger partial charge < -0.3 is 10.1 Å². The van der Waals surface area contributed by atoms with Crippen LogP contribution in [0.15, 0.2) is 0 Å². The van der Waals surface area contributed by atoms with Crippen molar-refractivity contribution in [1.82, 2.24) is 9.97 Å². The van der Waals surface area contributed by atoms with Gasteiger partial charge in [0.1, 0.15) is 11.4 Å². The monoisotopic (exact) mass is 405 g/mol. The predicted molar refractivity (Wildman–Crippen MR) is 96.9 cm³/mol. The summed E-state index contributed by atoms with van der Waals surface area (Å²) in [4.78, 5) is 9.59. The number of nitrogens with one attached hydrogen (secondary N) is 1. The molecule has 0 radical (unpaired) electrons. The van der Waals surface area contributed by atoms with Crippen LogP contribution in [0.3, 0.4) is 0 Å². The van der Waals surface area contributed by atoms with Crippen molar-refractivity contribution in [2.24, 2.45) is 0 Å². The number of nitrogens with zero attached hydrogens (tertiary/aromatic N) is 2. The quantitative estimate of drug-likeness (QED) is 0.710. The zero-order valence-electron chi connectivity index (χ0n) is 14.3. The van der Waals surface area contributed by atoms with Crippen LogP contribution in [0.1, 0.15) is 65.9 Å². The van der Waals surface area contributed by atoms with E-state index in [9.17, 15) is 0 Å². The van der Waals surface area contributed by atoms with Gasteiger partial charge in [-0.05, 0) is 42.4 Å². The summed E-state index contributed by atoms with van der Waals surface area (Å²) in [5, 5.41) is 3.42. The van der Waals surface area contributed by atoms with Gasteiger partial charge in [-0.2, -0.15) is 0 Å². The highest BCUT2D eigenvalue weighted by atomic mass is 127. The van der Waals surface area contributed by atoms with Gasteiger partial charge in [-0.1, -0.05) is 34.6 Å². The molecule has 1 aromatic heterocycles. The number of ether oxygens (including phenoxy) is 1. The fourth-order valence-electron chi connectivity index (χ4n) is 1.93. The average molecular weight is 405 g/mol. The minimum atomic E-state index is -0.451. The van der Waals surface area contributed by atoms with Crippen LogP contribution in [-0.2, 0) is 15.8 Å². The van der Waals surface area contributed by atoms with Gasteiger partial charge in [-0.25, -0.2) is 9.97 Å². The summed E-state index contributed by atoms with van der Waals surface area (Å²) in [7, 11) is 1.72. The van der Waals surface area contributed by atoms with Crippen LogP contribution in [0, 0.1) is 3.57 Å². The van der Waals surface area contributed by atoms with E-state index in [0.717, 1.165) is 40.3 Å². The summed E-state index contributed by atoms with van der Waals surface area (Å²) >= 11 is 2.35. The SMILES string of the molecule is CCCNc1nc(C(C)(CC)OC)nc(C(C)(C)C)c1I. The molecule has 0 aliphatic heterocycles. The Kier molecular flexibility index (Phi) is 6.40. The van der Waals surface area contributed by atoms with Crippen LogP contribution >= 0.6 is 22.6 Å². The molecular formula is C16H28IN3O. The van der Waals surface area contributed by atoms with Crippen LogP contribution in [0.5, 0.6) is 0 Å². The molecule has 1 heterocycles. The van der Waals surface area contributed by atoms with Gasteiger partial charge in [0.05, 0.1) is 9.26 Å². The molecule has 1 aromatic rings. The van der Waals surface area contributed by atoms with Crippen LogP contribution in [0.4, 0.5) is 5.82 Å². The molecular weight excluding hydrogens is 377 g/mol. The molecule has 120 valence electrons. The Morgan fingerprint density at radius 1 is 1.14 bits per heavy atom. The molecule has 0 bridgehead atoms. The third kappa shape index (κ3) is 4.28. The second kappa shape index (κ2) is 7.22. The summed E-state index contributed by atoms with van der Waals surface area (Å²) in [6.45, 7) is 13.7. The third-order valence-corrected chi connectivity index (χ3v) is 4.72. The van der Waals surface area contributed by atoms with E-state index in [0.29, 0.717) is 0 Å². The second-order valence-electron chi connectivity index (χ2n) is 6.52. The minimum Gasteiger partial charge on any atom is -0.371 e. The molecule has 0 fully saturated rings. The van der Waals surface area contributed by atoms with Crippen LogP contribution < -0.4 is 5.32 Å². The lowest BCUT2D eigenvalue weighted by Crippen LogP contribution is -2.30. The van der Waals surface area contributed by atoms with E-state index in [1.807, 2.05) is 6.92 Å². The number of aromatic nitrogens is 2. The molecule has 0 aliphatic carbocycles. The lowest BCUT2D eigenvalue weighted by atomic mass is 9.91. The first-order valence-corrected chi connectivity index (χ1v) is 8.65. The maximum atomic E-state index is 5.68. The maximum absolute atomic E-state index is 5.68. The van der Waals surface area contributed by atoms with E-state index >= 15 is 0 Å². The smallest absolute Gasteiger partial charge is 0.162 e. The number of halogens is 1. The Bertz CT molecular complexity index is 479. The Hall–Kier alpha value is -0.430. The zero-order chi connectivity index (χ0) is 16.3. The van der Waals surface area contributed by atoms with E-state index in [4.69, 9.17) is 14.7 Å². The number of methoxy groups -OCH3 is 1. The third-order valence-electron chi connectivity index (χ3n) is 3.70. The van der Waals surface area contributed by atoms with Crippen molar-refractivity contribution in [2.75, 3.05) is 19.0 Å². The highest BCUT2D eigenvalue weighted by Gasteiger charge is 2.31. The van der Waals surface area contributed by atoms with E-state index < -0.39 is 5.60 Å². The van der Waals surface area contributed by atoms with Gasteiger partial charge in [0.2, 0.25) is 0 Å². The summed E-state index contributed by atoms with van der Waals surface area (Å²) in [5.74, 6) is 1.68. The molecule has 0 spiro atoms. The normalized spacial score (nSPS) is 14.9. The molecule has 1 N–H and O–H groups in total. The average Bonchev–Trinajstić information content (AvgIpc) is 2.44. The van der Waals surface area contributed by atoms with Crippen LogP contribution in [0.2, 0.25) is 0 Å². The molecule has 5 heteroatoms. The van der Waals surface area contributed by atoms with E-state index in [2.05, 4.69) is 62.5 Å². The van der Waals surface area contributed by atoms with Gasteiger partial charge in [0.25, 0.3) is 0 Å². The molecule has 0 saturated heterocycles. The summed E-state index contributed by atoms with van der Waals surface area (Å²) < 4.78 is 6.79. The molecule has 1 atom stereocenters. The first-order valence-electron chi connectivity index (χ1n) is 7.57. The summed E-state index contributed by atoms with van der Waals surface area (Å²) in [6.07, 6.45) is 1.90. The minimum absolute atomic E-state index is 0.0285. The van der Waals surface area contributed by atoms with Crippen LogP contribution in [0.25, 0.3) is 0 Å². The van der Waals surface area contributed by atoms with Gasteiger partial charge in [0.15, 0.2) is 5.82 Å². The molecule has 0 saturated carbocycles. The largest absolute Gasteiger partial charge is 0.371 e. The number of rotatable bonds is 6. The first kappa shape index (κ1) is 18.6. The topological polar surface area (TPSA) is 47.0 Å². The molecule has 1 rings (SSSR count). The van der Waals surface area contributed by atoms with Crippen LogP contribution in [-0.4, -0.2) is 23.6 Å². The lowest BCUT2D eigenvalue weighted by Gasteiger charge is -2.29. The second-order valence-corrected chi connectivity index (χ2v) is 7.60. The van der Waals surface area contributed by atoms with Crippen molar-refractivity contribution >= 4 is 28.4 Å². The van der Waals surface area contributed by atoms with E-state index in [-0.39, 0.29) is 5.41 Å². The van der Waals surface area contributed by atoms with Crippen molar-refractivity contribution < 1.29 is 4.74 Å². The Balaban J connectivity index is 3.46. The van der Waals surface area contributed by atoms with E-state index in [1.54, 1.807) is 7.11 Å². The number of hydrogen-bond donors (Lipinski definition) is 1. The predicted octanol–water partition coefficient (Wildman–Crippen LogP) is 4.47.